The molecular weight excluding hydrogens is 310 g/mol. The topological polar surface area (TPSA) is 83.6 Å². The Morgan fingerprint density at radius 2 is 1.95 bits per heavy atom. The van der Waals surface area contributed by atoms with Crippen LogP contribution in [0.2, 0.25) is 0 Å². The summed E-state index contributed by atoms with van der Waals surface area (Å²) in [7, 11) is 0. The van der Waals surface area contributed by atoms with Crippen LogP contribution in [0.5, 0.6) is 5.75 Å². The average Bonchev–Trinajstić information content (AvgIpc) is 2.41. The van der Waals surface area contributed by atoms with Gasteiger partial charge in [0.25, 0.3) is 0 Å². The summed E-state index contributed by atoms with van der Waals surface area (Å²) < 4.78 is 0.629. The summed E-state index contributed by atoms with van der Waals surface area (Å²) in [6, 6.07) is 2.81. The van der Waals surface area contributed by atoms with Crippen LogP contribution < -0.4 is 5.73 Å². The summed E-state index contributed by atoms with van der Waals surface area (Å²) in [5.74, 6) is -1.03. The van der Waals surface area contributed by atoms with Gasteiger partial charge in [-0.2, -0.15) is 0 Å². The van der Waals surface area contributed by atoms with Gasteiger partial charge in [0.15, 0.2) is 0 Å². The van der Waals surface area contributed by atoms with Crippen LogP contribution in [0, 0.1) is 5.92 Å². The number of hydrogen-bond donors (Lipinski definition) is 3. The number of aromatic carboxylic acids is 1. The van der Waals surface area contributed by atoms with Gasteiger partial charge in [-0.05, 0) is 30.9 Å². The molecule has 1 aromatic rings. The Morgan fingerprint density at radius 1 is 1.32 bits per heavy atom. The number of carbonyl (C=O) groups is 1. The normalized spacial score (nSPS) is 18.2. The van der Waals surface area contributed by atoms with E-state index in [-0.39, 0.29) is 17.4 Å². The van der Waals surface area contributed by atoms with Crippen LogP contribution in [0.15, 0.2) is 16.6 Å². The third kappa shape index (κ3) is 3.09. The second-order valence-electron chi connectivity index (χ2n) is 5.12. The summed E-state index contributed by atoms with van der Waals surface area (Å²) in [5, 5.41) is 19.2. The van der Waals surface area contributed by atoms with Crippen LogP contribution in [0.3, 0.4) is 0 Å². The number of benzene rings is 1. The lowest BCUT2D eigenvalue weighted by molar-refractivity contribution is 0.0693. The first kappa shape index (κ1) is 14.3. The molecule has 0 bridgehead atoms. The van der Waals surface area contributed by atoms with Crippen LogP contribution >= 0.6 is 15.9 Å². The van der Waals surface area contributed by atoms with E-state index in [1.807, 2.05) is 0 Å². The molecule has 1 saturated carbocycles. The predicted molar refractivity (Wildman–Crippen MR) is 76.3 cm³/mol. The minimum Gasteiger partial charge on any atom is -0.507 e. The number of aromatic hydroxyl groups is 1. The second kappa shape index (κ2) is 5.92. The zero-order valence-electron chi connectivity index (χ0n) is 10.6. The van der Waals surface area contributed by atoms with E-state index in [2.05, 4.69) is 15.9 Å². The van der Waals surface area contributed by atoms with Crippen LogP contribution in [0.4, 0.5) is 0 Å². The molecule has 5 heteroatoms. The quantitative estimate of drug-likeness (QED) is 0.794. The summed E-state index contributed by atoms with van der Waals surface area (Å²) in [6.07, 6.45) is 5.61. The van der Waals surface area contributed by atoms with Crippen LogP contribution in [0.25, 0.3) is 0 Å². The van der Waals surface area contributed by atoms with E-state index in [0.717, 1.165) is 25.7 Å². The summed E-state index contributed by atoms with van der Waals surface area (Å²) in [4.78, 5) is 11.1. The van der Waals surface area contributed by atoms with Crippen molar-refractivity contribution in [1.29, 1.82) is 0 Å². The lowest BCUT2D eigenvalue weighted by Crippen LogP contribution is -2.24. The number of rotatable bonds is 3. The molecule has 0 spiro atoms. The van der Waals surface area contributed by atoms with E-state index in [0.29, 0.717) is 16.0 Å². The molecule has 0 aromatic heterocycles. The Morgan fingerprint density at radius 3 is 2.53 bits per heavy atom. The first-order valence-electron chi connectivity index (χ1n) is 6.52. The fourth-order valence-corrected chi connectivity index (χ4v) is 3.26. The number of nitrogens with two attached hydrogens (primary N) is 1. The molecule has 0 aliphatic heterocycles. The van der Waals surface area contributed by atoms with Gasteiger partial charge in [0.2, 0.25) is 0 Å². The molecule has 0 radical (unpaired) electrons. The van der Waals surface area contributed by atoms with Crippen molar-refractivity contribution in [3.05, 3.63) is 27.7 Å². The van der Waals surface area contributed by atoms with Crippen molar-refractivity contribution in [2.45, 2.75) is 38.1 Å². The predicted octanol–water partition coefficient (Wildman–Crippen LogP) is 3.43. The molecule has 0 amide bonds. The maximum absolute atomic E-state index is 11.1. The monoisotopic (exact) mass is 327 g/mol. The van der Waals surface area contributed by atoms with Gasteiger partial charge in [0.05, 0.1) is 0 Å². The fraction of sp³-hybridized carbons (Fsp3) is 0.500. The number of phenols is 1. The Labute approximate surface area is 120 Å². The smallest absolute Gasteiger partial charge is 0.339 e. The van der Waals surface area contributed by atoms with Crippen molar-refractivity contribution in [1.82, 2.24) is 0 Å². The van der Waals surface area contributed by atoms with Gasteiger partial charge in [0.1, 0.15) is 11.3 Å². The van der Waals surface area contributed by atoms with Crippen LogP contribution in [-0.4, -0.2) is 16.2 Å². The molecule has 2 rings (SSSR count). The molecule has 104 valence electrons. The number of halogens is 1. The van der Waals surface area contributed by atoms with Gasteiger partial charge in [-0.3, -0.25) is 0 Å². The first-order valence-corrected chi connectivity index (χ1v) is 7.31. The van der Waals surface area contributed by atoms with Crippen molar-refractivity contribution in [2.24, 2.45) is 11.7 Å². The van der Waals surface area contributed by atoms with Crippen molar-refractivity contribution >= 4 is 21.9 Å². The molecular formula is C14H18BrNO3. The maximum Gasteiger partial charge on any atom is 0.339 e. The highest BCUT2D eigenvalue weighted by Crippen LogP contribution is 2.38. The number of hydrogen-bond acceptors (Lipinski definition) is 3. The van der Waals surface area contributed by atoms with E-state index in [1.54, 1.807) is 6.07 Å². The summed E-state index contributed by atoms with van der Waals surface area (Å²) in [6.45, 7) is 0. The van der Waals surface area contributed by atoms with Gasteiger partial charge in [-0.15, -0.1) is 0 Å². The van der Waals surface area contributed by atoms with E-state index < -0.39 is 5.97 Å². The van der Waals surface area contributed by atoms with Gasteiger partial charge < -0.3 is 15.9 Å². The van der Waals surface area contributed by atoms with E-state index >= 15 is 0 Å². The highest BCUT2D eigenvalue weighted by Gasteiger charge is 2.26. The molecule has 0 saturated heterocycles. The molecule has 1 atom stereocenters. The zero-order chi connectivity index (χ0) is 14.0. The summed E-state index contributed by atoms with van der Waals surface area (Å²) >= 11 is 3.28. The van der Waals surface area contributed by atoms with Crippen molar-refractivity contribution in [2.75, 3.05) is 0 Å². The Bertz CT molecular complexity index is 484. The fourth-order valence-electron chi connectivity index (χ4n) is 2.78. The standard InChI is InChI=1S/C14H18BrNO3/c15-9-6-10(13(17)11(7-9)14(18)19)12(16)8-4-2-1-3-5-8/h6-8,12,17H,1-5,16H2,(H,18,19)/t12-/m1/s1. The lowest BCUT2D eigenvalue weighted by Gasteiger charge is -2.28. The van der Waals surface area contributed by atoms with Gasteiger partial charge in [-0.25, -0.2) is 4.79 Å². The Hall–Kier alpha value is -1.07. The second-order valence-corrected chi connectivity index (χ2v) is 6.04. The largest absolute Gasteiger partial charge is 0.507 e. The third-order valence-corrected chi connectivity index (χ3v) is 4.31. The summed E-state index contributed by atoms with van der Waals surface area (Å²) in [5.41, 5.74) is 6.66. The lowest BCUT2D eigenvalue weighted by atomic mass is 9.81. The first-order chi connectivity index (χ1) is 9.00. The van der Waals surface area contributed by atoms with E-state index in [1.165, 1.54) is 12.5 Å². The molecule has 4 N–H and O–H groups in total. The van der Waals surface area contributed by atoms with Crippen molar-refractivity contribution in [3.63, 3.8) is 0 Å². The van der Waals surface area contributed by atoms with Crippen molar-refractivity contribution < 1.29 is 15.0 Å². The van der Waals surface area contributed by atoms with E-state index in [9.17, 15) is 9.90 Å². The average molecular weight is 328 g/mol. The maximum atomic E-state index is 11.1. The Balaban J connectivity index is 2.35. The Kier molecular flexibility index (Phi) is 4.47. The van der Waals surface area contributed by atoms with Crippen LogP contribution in [-0.2, 0) is 0 Å². The number of carboxylic acid groups (broad SMARTS) is 1. The molecule has 1 aromatic carbocycles. The minimum absolute atomic E-state index is 0.101. The molecule has 1 fully saturated rings. The molecule has 1 aliphatic carbocycles. The molecule has 1 aliphatic rings. The molecule has 0 unspecified atom stereocenters. The van der Waals surface area contributed by atoms with E-state index in [4.69, 9.17) is 10.8 Å². The minimum atomic E-state index is -1.14. The van der Waals surface area contributed by atoms with Crippen molar-refractivity contribution in [3.8, 4) is 5.75 Å². The van der Waals surface area contributed by atoms with Gasteiger partial charge in [-0.1, -0.05) is 35.2 Å². The SMILES string of the molecule is N[C@@H](c1cc(Br)cc(C(=O)O)c1O)C1CCCCC1. The van der Waals surface area contributed by atoms with Gasteiger partial charge in [0, 0.05) is 16.1 Å². The third-order valence-electron chi connectivity index (χ3n) is 3.85. The number of carboxylic acids is 1. The zero-order valence-corrected chi connectivity index (χ0v) is 12.2. The van der Waals surface area contributed by atoms with Gasteiger partial charge >= 0.3 is 5.97 Å². The highest BCUT2D eigenvalue weighted by atomic mass is 79.9. The van der Waals surface area contributed by atoms with Crippen LogP contribution in [0.1, 0.15) is 54.1 Å². The molecule has 4 nitrogen and oxygen atoms in total. The highest BCUT2D eigenvalue weighted by molar-refractivity contribution is 9.10. The molecule has 19 heavy (non-hydrogen) atoms. The molecule has 0 heterocycles.